The van der Waals surface area contributed by atoms with Crippen LogP contribution in [-0.4, -0.2) is 21.3 Å². The number of thiazole rings is 1. The molecule has 0 aliphatic heterocycles. The van der Waals surface area contributed by atoms with E-state index < -0.39 is 0 Å². The average Bonchev–Trinajstić information content (AvgIpc) is 3.04. The molecule has 2 aromatic heterocycles. The highest BCUT2D eigenvalue weighted by molar-refractivity contribution is 7.09. The minimum absolute atomic E-state index is 0.275. The Bertz CT molecular complexity index is 544. The van der Waals surface area contributed by atoms with E-state index in [0.29, 0.717) is 0 Å². The summed E-state index contributed by atoms with van der Waals surface area (Å²) in [6.07, 6.45) is 1.93. The third kappa shape index (κ3) is 3.46. The van der Waals surface area contributed by atoms with Gasteiger partial charge in [-0.15, -0.1) is 11.3 Å². The molecule has 2 rings (SSSR count). The van der Waals surface area contributed by atoms with E-state index in [1.165, 1.54) is 11.4 Å². The van der Waals surface area contributed by atoms with E-state index in [0.717, 1.165) is 36.6 Å². The molecular formula is C15H24N4S. The first-order valence-electron chi connectivity index (χ1n) is 7.38. The molecular weight excluding hydrogens is 268 g/mol. The van der Waals surface area contributed by atoms with Gasteiger partial charge in [0.2, 0.25) is 0 Å². The lowest BCUT2D eigenvalue weighted by atomic mass is 10.1. The molecule has 0 spiro atoms. The minimum atomic E-state index is 0.275. The van der Waals surface area contributed by atoms with E-state index in [9.17, 15) is 0 Å². The molecule has 0 amide bonds. The van der Waals surface area contributed by atoms with Gasteiger partial charge in [-0.3, -0.25) is 4.68 Å². The fraction of sp³-hybridized carbons (Fsp3) is 0.600. The van der Waals surface area contributed by atoms with Crippen molar-refractivity contribution in [3.05, 3.63) is 33.5 Å². The first-order valence-corrected chi connectivity index (χ1v) is 8.26. The maximum atomic E-state index is 4.63. The standard InChI is InChI=1S/C15H24N4S/c1-5-12-8-13(19(7-3)18-12)9-14(16-6-2)15-10-20-11(4)17-15/h8,10,14,16H,5-7,9H2,1-4H3. The highest BCUT2D eigenvalue weighted by atomic mass is 32.1. The number of hydrogen-bond acceptors (Lipinski definition) is 4. The zero-order chi connectivity index (χ0) is 14.5. The number of aryl methyl sites for hydroxylation is 3. The molecule has 110 valence electrons. The molecule has 20 heavy (non-hydrogen) atoms. The summed E-state index contributed by atoms with van der Waals surface area (Å²) in [5.41, 5.74) is 3.61. The van der Waals surface area contributed by atoms with Crippen LogP contribution in [-0.2, 0) is 19.4 Å². The fourth-order valence-corrected chi connectivity index (χ4v) is 3.07. The summed E-state index contributed by atoms with van der Waals surface area (Å²) in [5, 5.41) is 11.5. The number of likely N-dealkylation sites (N-methyl/N-ethyl adjacent to an activating group) is 1. The Kier molecular flexibility index (Phi) is 5.31. The Balaban J connectivity index is 2.21. The Morgan fingerprint density at radius 3 is 2.70 bits per heavy atom. The van der Waals surface area contributed by atoms with E-state index in [1.807, 2.05) is 0 Å². The van der Waals surface area contributed by atoms with Gasteiger partial charge in [0, 0.05) is 24.0 Å². The number of hydrogen-bond donors (Lipinski definition) is 1. The minimum Gasteiger partial charge on any atom is -0.309 e. The van der Waals surface area contributed by atoms with Crippen LogP contribution in [0.4, 0.5) is 0 Å². The third-order valence-electron chi connectivity index (χ3n) is 3.43. The van der Waals surface area contributed by atoms with Crippen LogP contribution in [0.15, 0.2) is 11.4 Å². The predicted octanol–water partition coefficient (Wildman–Crippen LogP) is 3.12. The van der Waals surface area contributed by atoms with Crippen LogP contribution in [0.25, 0.3) is 0 Å². The van der Waals surface area contributed by atoms with Crippen LogP contribution in [0.1, 0.15) is 48.9 Å². The van der Waals surface area contributed by atoms with E-state index in [2.05, 4.69) is 59.2 Å². The molecule has 0 fully saturated rings. The van der Waals surface area contributed by atoms with Crippen molar-refractivity contribution in [2.24, 2.45) is 0 Å². The van der Waals surface area contributed by atoms with Gasteiger partial charge in [0.05, 0.1) is 22.4 Å². The molecule has 0 bridgehead atoms. The molecule has 2 heterocycles. The van der Waals surface area contributed by atoms with Crippen molar-refractivity contribution in [1.29, 1.82) is 0 Å². The lowest BCUT2D eigenvalue weighted by molar-refractivity contribution is 0.508. The first kappa shape index (κ1) is 15.2. The van der Waals surface area contributed by atoms with Gasteiger partial charge in [0.15, 0.2) is 0 Å². The van der Waals surface area contributed by atoms with E-state index in [-0.39, 0.29) is 6.04 Å². The highest BCUT2D eigenvalue weighted by Gasteiger charge is 2.17. The second-order valence-electron chi connectivity index (χ2n) is 4.90. The van der Waals surface area contributed by atoms with Crippen LogP contribution < -0.4 is 5.32 Å². The molecule has 1 N–H and O–H groups in total. The summed E-state index contributed by atoms with van der Waals surface area (Å²) in [5.74, 6) is 0. The fourth-order valence-electron chi connectivity index (χ4n) is 2.40. The first-order chi connectivity index (χ1) is 9.67. The van der Waals surface area contributed by atoms with Crippen LogP contribution in [0.2, 0.25) is 0 Å². The number of aromatic nitrogens is 3. The molecule has 1 atom stereocenters. The molecule has 1 unspecified atom stereocenters. The van der Waals surface area contributed by atoms with Gasteiger partial charge in [-0.05, 0) is 32.9 Å². The summed E-state index contributed by atoms with van der Waals surface area (Å²) >= 11 is 1.72. The van der Waals surface area contributed by atoms with Gasteiger partial charge < -0.3 is 5.32 Å². The smallest absolute Gasteiger partial charge is 0.0898 e. The number of nitrogens with one attached hydrogen (secondary N) is 1. The molecule has 0 aliphatic carbocycles. The molecule has 0 radical (unpaired) electrons. The van der Waals surface area contributed by atoms with Gasteiger partial charge in [0.1, 0.15) is 0 Å². The summed E-state index contributed by atoms with van der Waals surface area (Å²) in [4.78, 5) is 4.63. The Labute approximate surface area is 125 Å². The Morgan fingerprint density at radius 1 is 1.35 bits per heavy atom. The van der Waals surface area contributed by atoms with Crippen LogP contribution >= 0.6 is 11.3 Å². The average molecular weight is 292 g/mol. The summed E-state index contributed by atoms with van der Waals surface area (Å²) in [6, 6.07) is 2.50. The zero-order valence-corrected chi connectivity index (χ0v) is 13.6. The number of nitrogens with zero attached hydrogens (tertiary/aromatic N) is 3. The largest absolute Gasteiger partial charge is 0.309 e. The topological polar surface area (TPSA) is 42.7 Å². The molecule has 0 aliphatic rings. The lowest BCUT2D eigenvalue weighted by Gasteiger charge is -2.16. The molecule has 4 nitrogen and oxygen atoms in total. The van der Waals surface area contributed by atoms with Crippen LogP contribution in [0, 0.1) is 6.92 Å². The van der Waals surface area contributed by atoms with Gasteiger partial charge in [0.25, 0.3) is 0 Å². The van der Waals surface area contributed by atoms with Crippen LogP contribution in [0.5, 0.6) is 0 Å². The van der Waals surface area contributed by atoms with Crippen LogP contribution in [0.3, 0.4) is 0 Å². The second kappa shape index (κ2) is 6.99. The zero-order valence-electron chi connectivity index (χ0n) is 12.8. The van der Waals surface area contributed by atoms with Gasteiger partial charge in [-0.25, -0.2) is 4.98 Å². The van der Waals surface area contributed by atoms with E-state index >= 15 is 0 Å². The highest BCUT2D eigenvalue weighted by Crippen LogP contribution is 2.21. The third-order valence-corrected chi connectivity index (χ3v) is 4.23. The van der Waals surface area contributed by atoms with Crippen molar-refractivity contribution in [1.82, 2.24) is 20.1 Å². The monoisotopic (exact) mass is 292 g/mol. The molecule has 2 aromatic rings. The van der Waals surface area contributed by atoms with Crippen molar-refractivity contribution in [3.8, 4) is 0 Å². The van der Waals surface area contributed by atoms with E-state index in [1.54, 1.807) is 11.3 Å². The predicted molar refractivity (Wildman–Crippen MR) is 84.3 cm³/mol. The second-order valence-corrected chi connectivity index (χ2v) is 5.96. The summed E-state index contributed by atoms with van der Waals surface area (Å²) < 4.78 is 2.11. The van der Waals surface area contributed by atoms with Crippen molar-refractivity contribution in [2.45, 2.75) is 53.1 Å². The van der Waals surface area contributed by atoms with Crippen molar-refractivity contribution >= 4 is 11.3 Å². The maximum absolute atomic E-state index is 4.63. The molecule has 0 saturated heterocycles. The van der Waals surface area contributed by atoms with Crippen molar-refractivity contribution in [2.75, 3.05) is 6.54 Å². The molecule has 0 aromatic carbocycles. The van der Waals surface area contributed by atoms with Crippen molar-refractivity contribution in [3.63, 3.8) is 0 Å². The van der Waals surface area contributed by atoms with Crippen molar-refractivity contribution < 1.29 is 0 Å². The van der Waals surface area contributed by atoms with Gasteiger partial charge >= 0.3 is 0 Å². The maximum Gasteiger partial charge on any atom is 0.0898 e. The Hall–Kier alpha value is -1.20. The van der Waals surface area contributed by atoms with Gasteiger partial charge in [-0.2, -0.15) is 5.10 Å². The van der Waals surface area contributed by atoms with E-state index in [4.69, 9.17) is 0 Å². The Morgan fingerprint density at radius 2 is 2.15 bits per heavy atom. The number of rotatable bonds is 7. The van der Waals surface area contributed by atoms with Gasteiger partial charge in [-0.1, -0.05) is 13.8 Å². The normalized spacial score (nSPS) is 12.8. The lowest BCUT2D eigenvalue weighted by Crippen LogP contribution is -2.24. The quantitative estimate of drug-likeness (QED) is 0.852. The molecule has 0 saturated carbocycles. The summed E-state index contributed by atoms with van der Waals surface area (Å²) in [7, 11) is 0. The SMILES string of the molecule is CCNC(Cc1cc(CC)nn1CC)c1csc(C)n1. The molecule has 5 heteroatoms. The summed E-state index contributed by atoms with van der Waals surface area (Å²) in [6.45, 7) is 10.4.